The van der Waals surface area contributed by atoms with Gasteiger partial charge in [-0.3, -0.25) is 0 Å². The van der Waals surface area contributed by atoms with Gasteiger partial charge >= 0.3 is 0 Å². The van der Waals surface area contributed by atoms with E-state index in [2.05, 4.69) is 461 Å². The van der Waals surface area contributed by atoms with Gasteiger partial charge in [-0.25, -0.2) is 15.0 Å². The number of rotatable bonds is 11. The predicted molar refractivity (Wildman–Crippen MR) is 562 cm³/mol. The Morgan fingerprint density at radius 1 is 0.126 bits per heavy atom. The number of halogens is 1. The molecule has 29 rings (SSSR count). The zero-order chi connectivity index (χ0) is 88.6. The fourth-order valence-electron chi connectivity index (χ4n) is 22.1. The Balaban J connectivity index is 0.000000138. The van der Waals surface area contributed by atoms with Gasteiger partial charge in [0.25, 0.3) is 0 Å². The van der Waals surface area contributed by atoms with E-state index < -0.39 is 0 Å². The topological polar surface area (TPSA) is 78.1 Å². The second-order valence-corrected chi connectivity index (χ2v) is 35.6. The fourth-order valence-corrected chi connectivity index (χ4v) is 22.3. The van der Waals surface area contributed by atoms with Crippen molar-refractivity contribution in [1.82, 2.24) is 51.5 Å². The molecule has 0 saturated heterocycles. The van der Waals surface area contributed by atoms with Gasteiger partial charge < -0.3 is 36.5 Å². The molecule has 0 atom stereocenters. The van der Waals surface area contributed by atoms with Gasteiger partial charge in [-0.15, -0.1) is 0 Å². The van der Waals surface area contributed by atoms with Crippen LogP contribution in [0.15, 0.2) is 461 Å². The van der Waals surface area contributed by atoms with Gasteiger partial charge in [-0.05, 0) is 182 Å². The van der Waals surface area contributed by atoms with Gasteiger partial charge in [0.05, 0.1) is 88.3 Å². The van der Waals surface area contributed by atoms with E-state index in [0.29, 0.717) is 22.5 Å². The minimum atomic E-state index is 0.583. The van der Waals surface area contributed by atoms with Gasteiger partial charge in [-0.1, -0.05) is 291 Å². The molecule has 12 heteroatoms. The zero-order valence-electron chi connectivity index (χ0n) is 72.7. The van der Waals surface area contributed by atoms with Crippen molar-refractivity contribution in [2.75, 3.05) is 0 Å². The number of fused-ring (bicyclic) bond motifs is 24. The maximum Gasteiger partial charge on any atom is 0.164 e. The molecule has 0 spiro atoms. The van der Waals surface area contributed by atoms with Gasteiger partial charge in [0.1, 0.15) is 0 Å². The van der Waals surface area contributed by atoms with Crippen molar-refractivity contribution in [3.63, 3.8) is 0 Å². The number of para-hydroxylation sites is 12. The molecule has 29 aromatic rings. The number of hydrogen-bond donors (Lipinski definition) is 0. The standard InChI is InChI=1S/C69H43N7.C54H33ClN4/c1-3-19-44(20-4-1)67-70-68(45-21-5-2-6-22-45)72-69(71-67)46-39-49(75-63-33-17-11-27-55(63)57-42-47(35-37-65(57)75)73-59-29-13-7-23-51(59)52-24-8-14-30-60(52)73)41-50(40-46)76-64-34-18-12-28-56(64)58-43-48(36-38-66(58)76)74-61-31-15-9-25-53(61)54-26-10-16-32-62(54)74;55-34-29-37(58-51-23-11-5-17-43(51)45-32-35(25-27-53(45)58)56-47-19-7-1-13-39(47)40-14-2-8-20-48(40)56)31-38(30-34)59-52-24-12-6-18-44(52)46-33-36(26-28-54(46)59)57-49-21-9-3-15-41(49)42-16-4-10-22-50(42)57/h1-43H;1-33H. The SMILES string of the molecule is Clc1cc(-n2c3ccccc3c3cc(-n4c5ccccc5c5ccccc54)ccc32)cc(-n2c3ccccc3c3cc(-n4c5ccccc5c5ccccc54)ccc32)c1.c1ccc(-c2nc(-c3ccccc3)nc(-c3cc(-n4c5ccccc5c5cc(-n6c7ccccc7c7ccccc76)ccc54)cc(-n4c5ccccc5c5cc(-n6c7ccccc7c7ccccc76)ccc54)c3)n2)cc1. The number of benzene rings is 20. The molecule has 9 aromatic heterocycles. The molecule has 9 heterocycles. The highest BCUT2D eigenvalue weighted by molar-refractivity contribution is 6.31. The van der Waals surface area contributed by atoms with Crippen LogP contribution < -0.4 is 0 Å². The molecule has 20 aromatic carbocycles. The highest BCUT2D eigenvalue weighted by Gasteiger charge is 2.26. The minimum absolute atomic E-state index is 0.583. The Kier molecular flexibility index (Phi) is 16.9. The summed E-state index contributed by atoms with van der Waals surface area (Å²) in [6.07, 6.45) is 0. The molecule has 0 aliphatic heterocycles. The van der Waals surface area contributed by atoms with E-state index in [4.69, 9.17) is 26.6 Å². The predicted octanol–water partition coefficient (Wildman–Crippen LogP) is 32.0. The Bertz CT molecular complexity index is 9240. The smallest absolute Gasteiger partial charge is 0.164 e. The Morgan fingerprint density at radius 3 is 0.504 bits per heavy atom. The quantitative estimate of drug-likeness (QED) is 0.129. The van der Waals surface area contributed by atoms with Crippen molar-refractivity contribution in [2.45, 2.75) is 0 Å². The minimum Gasteiger partial charge on any atom is -0.309 e. The maximum atomic E-state index is 7.16. The second kappa shape index (κ2) is 30.1. The lowest BCUT2D eigenvalue weighted by Crippen LogP contribution is -2.03. The molecule has 0 fully saturated rings. The van der Waals surface area contributed by atoms with Crippen LogP contribution in [0.4, 0.5) is 0 Å². The molecular formula is C123H76ClN11. The van der Waals surface area contributed by atoms with Crippen LogP contribution in [-0.2, 0) is 0 Å². The van der Waals surface area contributed by atoms with Gasteiger partial charge in [0, 0.05) is 153 Å². The first-order valence-corrected chi connectivity index (χ1v) is 46.2. The lowest BCUT2D eigenvalue weighted by atomic mass is 10.1. The van der Waals surface area contributed by atoms with Crippen LogP contribution in [0.25, 0.3) is 254 Å². The molecule has 0 amide bonds. The van der Waals surface area contributed by atoms with Crippen LogP contribution in [0.5, 0.6) is 0 Å². The highest BCUT2D eigenvalue weighted by Crippen LogP contribution is 2.46. The zero-order valence-corrected chi connectivity index (χ0v) is 73.4. The third-order valence-corrected chi connectivity index (χ3v) is 28.0. The number of aromatic nitrogens is 11. The summed E-state index contributed by atoms with van der Waals surface area (Å²) < 4.78 is 19.1. The first-order chi connectivity index (χ1) is 66.9. The van der Waals surface area contributed by atoms with Crippen molar-refractivity contribution in [1.29, 1.82) is 0 Å². The Labute approximate surface area is 777 Å². The molecule has 630 valence electrons. The van der Waals surface area contributed by atoms with E-state index in [0.717, 1.165) is 117 Å². The molecule has 135 heavy (non-hydrogen) atoms. The van der Waals surface area contributed by atoms with E-state index in [9.17, 15) is 0 Å². The van der Waals surface area contributed by atoms with Crippen LogP contribution in [0, 0.1) is 0 Å². The summed E-state index contributed by atoms with van der Waals surface area (Å²) in [5.41, 5.74) is 29.6. The van der Waals surface area contributed by atoms with E-state index in [1.807, 2.05) is 36.4 Å². The molecule has 0 aliphatic carbocycles. The summed E-state index contributed by atoms with van der Waals surface area (Å²) in [6.45, 7) is 0. The average molecular weight is 1740 g/mol. The second-order valence-electron chi connectivity index (χ2n) is 35.1. The fraction of sp³-hybridized carbons (Fsp3) is 0. The van der Waals surface area contributed by atoms with Gasteiger partial charge in [0.15, 0.2) is 17.5 Å². The maximum absolute atomic E-state index is 7.16. The van der Waals surface area contributed by atoms with E-state index in [-0.39, 0.29) is 0 Å². The van der Waals surface area contributed by atoms with Gasteiger partial charge in [-0.2, -0.15) is 0 Å². The van der Waals surface area contributed by atoms with Crippen molar-refractivity contribution in [3.05, 3.63) is 466 Å². The Morgan fingerprint density at radius 2 is 0.289 bits per heavy atom. The first kappa shape index (κ1) is 76.0. The molecule has 0 saturated carbocycles. The summed E-state index contributed by atoms with van der Waals surface area (Å²) in [5.74, 6) is 1.81. The van der Waals surface area contributed by atoms with Gasteiger partial charge in [0.2, 0.25) is 0 Å². The molecule has 0 aliphatic rings. The van der Waals surface area contributed by atoms with Crippen molar-refractivity contribution < 1.29 is 0 Å². The normalized spacial score (nSPS) is 12.0. The van der Waals surface area contributed by atoms with Crippen molar-refractivity contribution in [3.8, 4) is 79.7 Å². The van der Waals surface area contributed by atoms with Crippen LogP contribution >= 0.6 is 11.6 Å². The molecule has 0 N–H and O–H groups in total. The summed E-state index contributed by atoms with van der Waals surface area (Å²) >= 11 is 7.16. The van der Waals surface area contributed by atoms with Crippen molar-refractivity contribution >= 4 is 186 Å². The summed E-state index contributed by atoms with van der Waals surface area (Å²) in [5, 5.41) is 20.1. The van der Waals surface area contributed by atoms with Crippen LogP contribution in [-0.4, -0.2) is 51.5 Å². The lowest BCUT2D eigenvalue weighted by Gasteiger charge is -2.16. The largest absolute Gasteiger partial charge is 0.309 e. The van der Waals surface area contributed by atoms with Crippen LogP contribution in [0.2, 0.25) is 5.02 Å². The third-order valence-electron chi connectivity index (χ3n) is 27.7. The summed E-state index contributed by atoms with van der Waals surface area (Å²) in [7, 11) is 0. The number of hydrogen-bond acceptors (Lipinski definition) is 3. The molecular weight excluding hydrogens is 1670 g/mol. The Hall–Kier alpha value is -17.9. The van der Waals surface area contributed by atoms with E-state index in [1.165, 1.54) is 120 Å². The van der Waals surface area contributed by atoms with Crippen LogP contribution in [0.1, 0.15) is 0 Å². The third kappa shape index (κ3) is 11.8. The number of nitrogens with zero attached hydrogens (tertiary/aromatic N) is 11. The molecule has 0 bridgehead atoms. The van der Waals surface area contributed by atoms with E-state index in [1.54, 1.807) is 0 Å². The molecule has 0 unspecified atom stereocenters. The molecule has 11 nitrogen and oxygen atoms in total. The van der Waals surface area contributed by atoms with Crippen molar-refractivity contribution in [2.24, 2.45) is 0 Å². The lowest BCUT2D eigenvalue weighted by molar-refractivity contribution is 1.07. The highest BCUT2D eigenvalue weighted by atomic mass is 35.5. The van der Waals surface area contributed by atoms with E-state index >= 15 is 0 Å². The molecule has 0 radical (unpaired) electrons. The average Bonchev–Trinajstić information content (AvgIpc) is 1.27. The first-order valence-electron chi connectivity index (χ1n) is 45.8. The monoisotopic (exact) mass is 1740 g/mol. The van der Waals surface area contributed by atoms with Crippen LogP contribution in [0.3, 0.4) is 0 Å². The summed E-state index contributed by atoms with van der Waals surface area (Å²) in [4.78, 5) is 15.8. The summed E-state index contributed by atoms with van der Waals surface area (Å²) in [6, 6.07) is 166.